The number of thiophene rings is 1. The molecule has 1 aromatic carbocycles. The summed E-state index contributed by atoms with van der Waals surface area (Å²) in [6.07, 6.45) is -0.163. The molecule has 0 aliphatic carbocycles. The molecule has 0 spiro atoms. The van der Waals surface area contributed by atoms with Crippen LogP contribution in [0.15, 0.2) is 41.8 Å². The van der Waals surface area contributed by atoms with Crippen LogP contribution in [0, 0.1) is 5.82 Å². The summed E-state index contributed by atoms with van der Waals surface area (Å²) in [5, 5.41) is 12.2. The fourth-order valence-electron chi connectivity index (χ4n) is 2.88. The van der Waals surface area contributed by atoms with Crippen molar-refractivity contribution in [1.82, 2.24) is 9.80 Å². The molecule has 0 unspecified atom stereocenters. The Morgan fingerprint density at radius 1 is 1.17 bits per heavy atom. The SMILES string of the molecule is O=C(Cc1ccc(F)cc1)N1CCN(C[C@H](O)c2cccs2)CC1. The zero-order valence-electron chi connectivity index (χ0n) is 13.4. The molecule has 1 saturated heterocycles. The highest BCUT2D eigenvalue weighted by molar-refractivity contribution is 7.10. The maximum Gasteiger partial charge on any atom is 0.227 e. The van der Waals surface area contributed by atoms with E-state index in [0.717, 1.165) is 23.5 Å². The van der Waals surface area contributed by atoms with Crippen LogP contribution in [0.5, 0.6) is 0 Å². The van der Waals surface area contributed by atoms with Crippen molar-refractivity contribution in [3.63, 3.8) is 0 Å². The summed E-state index contributed by atoms with van der Waals surface area (Å²) in [6.45, 7) is 3.45. The first-order valence-corrected chi connectivity index (χ1v) is 8.96. The van der Waals surface area contributed by atoms with Crippen LogP contribution in [0.4, 0.5) is 4.39 Å². The van der Waals surface area contributed by atoms with E-state index in [9.17, 15) is 14.3 Å². The number of carbonyl (C=O) groups is 1. The molecule has 3 rings (SSSR count). The number of carbonyl (C=O) groups excluding carboxylic acids is 1. The Hall–Kier alpha value is -1.76. The number of aliphatic hydroxyl groups excluding tert-OH is 1. The fourth-order valence-corrected chi connectivity index (χ4v) is 3.59. The van der Waals surface area contributed by atoms with Gasteiger partial charge < -0.3 is 10.0 Å². The number of aliphatic hydroxyl groups is 1. The molecule has 1 fully saturated rings. The van der Waals surface area contributed by atoms with Crippen molar-refractivity contribution in [1.29, 1.82) is 0 Å². The summed E-state index contributed by atoms with van der Waals surface area (Å²) in [5.41, 5.74) is 0.831. The molecular weight excluding hydrogens is 327 g/mol. The largest absolute Gasteiger partial charge is 0.386 e. The standard InChI is InChI=1S/C18H21FN2O2S/c19-15-5-3-14(4-6-15)12-18(23)21-9-7-20(8-10-21)13-16(22)17-2-1-11-24-17/h1-6,11,16,22H,7-10,12-13H2/t16-/m0/s1. The maximum absolute atomic E-state index is 12.9. The van der Waals surface area contributed by atoms with Gasteiger partial charge in [0.1, 0.15) is 11.9 Å². The number of hydrogen-bond acceptors (Lipinski definition) is 4. The van der Waals surface area contributed by atoms with Crippen molar-refractivity contribution < 1.29 is 14.3 Å². The zero-order chi connectivity index (χ0) is 16.9. The summed E-state index contributed by atoms with van der Waals surface area (Å²) in [4.78, 5) is 17.3. The van der Waals surface area contributed by atoms with Gasteiger partial charge >= 0.3 is 0 Å². The molecule has 24 heavy (non-hydrogen) atoms. The third-order valence-corrected chi connectivity index (χ3v) is 5.27. The van der Waals surface area contributed by atoms with Gasteiger partial charge in [-0.1, -0.05) is 18.2 Å². The summed E-state index contributed by atoms with van der Waals surface area (Å²) in [5.74, 6) is -0.218. The van der Waals surface area contributed by atoms with Crippen LogP contribution in [0.1, 0.15) is 16.5 Å². The molecule has 1 aliphatic heterocycles. The molecule has 1 atom stereocenters. The molecule has 4 nitrogen and oxygen atoms in total. The minimum atomic E-state index is -0.466. The van der Waals surface area contributed by atoms with Gasteiger partial charge in [-0.15, -0.1) is 11.3 Å². The monoisotopic (exact) mass is 348 g/mol. The average molecular weight is 348 g/mol. The smallest absolute Gasteiger partial charge is 0.227 e. The second-order valence-electron chi connectivity index (χ2n) is 6.02. The number of benzene rings is 1. The lowest BCUT2D eigenvalue weighted by Crippen LogP contribution is -2.49. The van der Waals surface area contributed by atoms with Gasteiger partial charge in [-0.25, -0.2) is 4.39 Å². The highest BCUT2D eigenvalue weighted by atomic mass is 32.1. The van der Waals surface area contributed by atoms with Crippen molar-refractivity contribution in [2.75, 3.05) is 32.7 Å². The van der Waals surface area contributed by atoms with Gasteiger partial charge in [0, 0.05) is 37.6 Å². The maximum atomic E-state index is 12.9. The number of rotatable bonds is 5. The van der Waals surface area contributed by atoms with E-state index >= 15 is 0 Å². The number of piperazine rings is 1. The van der Waals surface area contributed by atoms with Crippen molar-refractivity contribution in [3.05, 3.63) is 58.0 Å². The number of halogens is 1. The molecule has 0 bridgehead atoms. The first-order chi connectivity index (χ1) is 11.6. The highest BCUT2D eigenvalue weighted by Crippen LogP contribution is 2.20. The minimum Gasteiger partial charge on any atom is -0.386 e. The van der Waals surface area contributed by atoms with Gasteiger partial charge in [0.2, 0.25) is 5.91 Å². The Morgan fingerprint density at radius 3 is 2.50 bits per heavy atom. The van der Waals surface area contributed by atoms with Gasteiger partial charge in [0.15, 0.2) is 0 Å². The van der Waals surface area contributed by atoms with Crippen LogP contribution < -0.4 is 0 Å². The van der Waals surface area contributed by atoms with Crippen molar-refractivity contribution in [3.8, 4) is 0 Å². The zero-order valence-corrected chi connectivity index (χ0v) is 14.2. The van der Waals surface area contributed by atoms with Crippen LogP contribution in [0.2, 0.25) is 0 Å². The lowest BCUT2D eigenvalue weighted by molar-refractivity contribution is -0.132. The van der Waals surface area contributed by atoms with E-state index in [-0.39, 0.29) is 11.7 Å². The van der Waals surface area contributed by atoms with E-state index in [1.165, 1.54) is 12.1 Å². The Balaban J connectivity index is 1.46. The van der Waals surface area contributed by atoms with Crippen LogP contribution in [-0.4, -0.2) is 53.5 Å². The van der Waals surface area contributed by atoms with E-state index in [1.54, 1.807) is 23.5 Å². The lowest BCUT2D eigenvalue weighted by Gasteiger charge is -2.35. The van der Waals surface area contributed by atoms with Gasteiger partial charge in [-0.3, -0.25) is 9.69 Å². The summed E-state index contributed by atoms with van der Waals surface area (Å²) >= 11 is 1.56. The Kier molecular flexibility index (Phi) is 5.60. The lowest BCUT2D eigenvalue weighted by atomic mass is 10.1. The van der Waals surface area contributed by atoms with Crippen LogP contribution >= 0.6 is 11.3 Å². The first kappa shape index (κ1) is 17.1. The second-order valence-corrected chi connectivity index (χ2v) is 7.00. The second kappa shape index (κ2) is 7.88. The van der Waals surface area contributed by atoms with Crippen LogP contribution in [0.3, 0.4) is 0 Å². The number of β-amino-alcohol motifs (C(OH)–C–C–N with tert-alkyl or cyclic N) is 1. The quantitative estimate of drug-likeness (QED) is 0.902. The van der Waals surface area contributed by atoms with Gasteiger partial charge in [-0.05, 0) is 29.1 Å². The van der Waals surface area contributed by atoms with E-state index in [4.69, 9.17) is 0 Å². The fraction of sp³-hybridized carbons (Fsp3) is 0.389. The minimum absolute atomic E-state index is 0.0695. The molecule has 1 amide bonds. The molecular formula is C18H21FN2O2S. The first-order valence-electron chi connectivity index (χ1n) is 8.08. The summed E-state index contributed by atoms with van der Waals surface area (Å²) in [7, 11) is 0. The molecule has 2 aromatic rings. The van der Waals surface area contributed by atoms with E-state index in [2.05, 4.69) is 4.90 Å². The number of amides is 1. The Labute approximate surface area is 145 Å². The molecule has 0 saturated carbocycles. The summed E-state index contributed by atoms with van der Waals surface area (Å²) in [6, 6.07) is 9.95. The molecule has 1 aliphatic rings. The molecule has 1 aromatic heterocycles. The van der Waals surface area contributed by atoms with E-state index in [1.807, 2.05) is 22.4 Å². The van der Waals surface area contributed by atoms with E-state index in [0.29, 0.717) is 26.1 Å². The predicted molar refractivity (Wildman–Crippen MR) is 92.4 cm³/mol. The van der Waals surface area contributed by atoms with Crippen molar-refractivity contribution in [2.45, 2.75) is 12.5 Å². The Bertz CT molecular complexity index is 652. The third kappa shape index (κ3) is 4.41. The molecule has 0 radical (unpaired) electrons. The van der Waals surface area contributed by atoms with Gasteiger partial charge in [-0.2, -0.15) is 0 Å². The predicted octanol–water partition coefficient (Wildman–Crippen LogP) is 2.31. The van der Waals surface area contributed by atoms with Gasteiger partial charge in [0.25, 0.3) is 0 Å². The van der Waals surface area contributed by atoms with E-state index < -0.39 is 6.10 Å². The molecule has 6 heteroatoms. The topological polar surface area (TPSA) is 43.8 Å². The molecule has 1 N–H and O–H groups in total. The number of hydrogen-bond donors (Lipinski definition) is 1. The Morgan fingerprint density at radius 2 is 1.88 bits per heavy atom. The van der Waals surface area contributed by atoms with Gasteiger partial charge in [0.05, 0.1) is 6.42 Å². The van der Waals surface area contributed by atoms with Crippen molar-refractivity contribution >= 4 is 17.2 Å². The number of nitrogens with zero attached hydrogens (tertiary/aromatic N) is 2. The molecule has 128 valence electrons. The highest BCUT2D eigenvalue weighted by Gasteiger charge is 2.23. The normalized spacial score (nSPS) is 17.0. The van der Waals surface area contributed by atoms with Crippen LogP contribution in [0.25, 0.3) is 0 Å². The summed E-state index contributed by atoms with van der Waals surface area (Å²) < 4.78 is 12.9. The van der Waals surface area contributed by atoms with Crippen molar-refractivity contribution in [2.24, 2.45) is 0 Å². The average Bonchev–Trinajstić information content (AvgIpc) is 3.12. The molecule has 2 heterocycles. The third-order valence-electron chi connectivity index (χ3n) is 4.30. The van der Waals surface area contributed by atoms with Crippen LogP contribution in [-0.2, 0) is 11.2 Å².